The van der Waals surface area contributed by atoms with Crippen molar-refractivity contribution in [3.05, 3.63) is 0 Å². The van der Waals surface area contributed by atoms with Crippen molar-refractivity contribution < 1.29 is 8.42 Å². The first-order valence-corrected chi connectivity index (χ1v) is 7.16. The van der Waals surface area contributed by atoms with Gasteiger partial charge in [-0.1, -0.05) is 6.42 Å². The minimum Gasteiger partial charge on any atom is -0.212 e. The van der Waals surface area contributed by atoms with E-state index in [0.29, 0.717) is 12.8 Å². The predicted octanol–water partition coefficient (Wildman–Crippen LogP) is 2.03. The molecule has 0 spiro atoms. The molecule has 2 unspecified atom stereocenters. The molecule has 0 radical (unpaired) electrons. The zero-order valence-electron chi connectivity index (χ0n) is 7.74. The maximum atomic E-state index is 11.4. The van der Waals surface area contributed by atoms with Crippen LogP contribution in [-0.4, -0.2) is 13.2 Å². The van der Waals surface area contributed by atoms with Gasteiger partial charge < -0.3 is 0 Å². The van der Waals surface area contributed by atoms with Gasteiger partial charge >= 0.3 is 0 Å². The van der Waals surface area contributed by atoms with Gasteiger partial charge in [0.05, 0.1) is 16.7 Å². The molecule has 3 nitrogen and oxygen atoms in total. The number of nitriles is 1. The normalized spacial score (nSPS) is 35.1. The first kappa shape index (κ1) is 10.3. The van der Waals surface area contributed by atoms with Crippen molar-refractivity contribution in [2.45, 2.75) is 36.9 Å². The first-order valence-electron chi connectivity index (χ1n) is 4.85. The van der Waals surface area contributed by atoms with E-state index in [4.69, 9.17) is 15.9 Å². The lowest BCUT2D eigenvalue weighted by molar-refractivity contribution is 0.420. The van der Waals surface area contributed by atoms with Crippen LogP contribution in [0.5, 0.6) is 0 Å². The zero-order chi connectivity index (χ0) is 10.4. The SMILES string of the molecule is N#CC1CCCC1C1(S(=O)(=O)Cl)CC1. The van der Waals surface area contributed by atoms with Crippen molar-refractivity contribution >= 4 is 19.7 Å². The topological polar surface area (TPSA) is 57.9 Å². The average molecular weight is 234 g/mol. The van der Waals surface area contributed by atoms with Crippen molar-refractivity contribution in [1.29, 1.82) is 5.26 Å². The summed E-state index contributed by atoms with van der Waals surface area (Å²) in [5.41, 5.74) is 0. The van der Waals surface area contributed by atoms with Crippen LogP contribution in [0.15, 0.2) is 0 Å². The van der Waals surface area contributed by atoms with Crippen LogP contribution in [0.4, 0.5) is 0 Å². The highest BCUT2D eigenvalue weighted by molar-refractivity contribution is 8.15. The van der Waals surface area contributed by atoms with Gasteiger partial charge in [0, 0.05) is 10.7 Å². The molecular formula is C9H12ClNO2S. The summed E-state index contributed by atoms with van der Waals surface area (Å²) in [5.74, 6) is -0.124. The quantitative estimate of drug-likeness (QED) is 0.686. The number of hydrogen-bond donors (Lipinski definition) is 0. The maximum absolute atomic E-state index is 11.4. The monoisotopic (exact) mass is 233 g/mol. The van der Waals surface area contributed by atoms with Crippen molar-refractivity contribution in [2.75, 3.05) is 0 Å². The Morgan fingerprint density at radius 3 is 2.43 bits per heavy atom. The Morgan fingerprint density at radius 2 is 2.00 bits per heavy atom. The van der Waals surface area contributed by atoms with Gasteiger partial charge in [-0.15, -0.1) is 0 Å². The van der Waals surface area contributed by atoms with E-state index in [1.54, 1.807) is 0 Å². The summed E-state index contributed by atoms with van der Waals surface area (Å²) in [6.07, 6.45) is 3.90. The number of hydrogen-bond acceptors (Lipinski definition) is 3. The highest BCUT2D eigenvalue weighted by Gasteiger charge is 2.61. The summed E-state index contributed by atoms with van der Waals surface area (Å²) in [6.45, 7) is 0. The highest BCUT2D eigenvalue weighted by Crippen LogP contribution is 2.57. The molecular weight excluding hydrogens is 222 g/mol. The molecule has 5 heteroatoms. The lowest BCUT2D eigenvalue weighted by Crippen LogP contribution is -2.31. The summed E-state index contributed by atoms with van der Waals surface area (Å²) < 4.78 is 22.1. The minimum absolute atomic E-state index is 0.0185. The molecule has 14 heavy (non-hydrogen) atoms. The van der Waals surface area contributed by atoms with Crippen molar-refractivity contribution in [1.82, 2.24) is 0 Å². The van der Waals surface area contributed by atoms with Gasteiger partial charge in [0.1, 0.15) is 0 Å². The Kier molecular flexibility index (Phi) is 2.28. The van der Waals surface area contributed by atoms with Crippen molar-refractivity contribution in [3.63, 3.8) is 0 Å². The average Bonchev–Trinajstić information content (AvgIpc) is 2.78. The Morgan fingerprint density at radius 1 is 1.36 bits per heavy atom. The number of rotatable bonds is 2. The molecule has 2 atom stereocenters. The van der Waals surface area contributed by atoms with Crippen LogP contribution >= 0.6 is 10.7 Å². The van der Waals surface area contributed by atoms with Gasteiger partial charge in [0.2, 0.25) is 9.05 Å². The van der Waals surface area contributed by atoms with Gasteiger partial charge in [-0.25, -0.2) is 8.42 Å². The third-order valence-corrected chi connectivity index (χ3v) is 6.19. The van der Waals surface area contributed by atoms with Crippen LogP contribution in [0, 0.1) is 23.2 Å². The van der Waals surface area contributed by atoms with Gasteiger partial charge in [0.15, 0.2) is 0 Å². The Balaban J connectivity index is 2.28. The van der Waals surface area contributed by atoms with Crippen LogP contribution in [0.3, 0.4) is 0 Å². The standard InChI is InChI=1S/C9H12ClNO2S/c10-14(12,13)9(4-5-9)8-3-1-2-7(8)6-11/h7-8H,1-5H2. The molecule has 0 amide bonds. The fourth-order valence-electron chi connectivity index (χ4n) is 2.66. The lowest BCUT2D eigenvalue weighted by atomic mass is 9.92. The van der Waals surface area contributed by atoms with E-state index in [-0.39, 0.29) is 11.8 Å². The molecule has 0 aromatic heterocycles. The Labute approximate surface area is 88.5 Å². The van der Waals surface area contributed by atoms with Crippen LogP contribution in [0.1, 0.15) is 32.1 Å². The molecule has 2 aliphatic carbocycles. The molecule has 0 N–H and O–H groups in total. The maximum Gasteiger partial charge on any atom is 0.238 e. The van der Waals surface area contributed by atoms with Gasteiger partial charge in [-0.3, -0.25) is 0 Å². The molecule has 2 rings (SSSR count). The van der Waals surface area contributed by atoms with Crippen LogP contribution in [0.2, 0.25) is 0 Å². The molecule has 0 saturated heterocycles. The summed E-state index contributed by atoms with van der Waals surface area (Å²) in [7, 11) is 1.96. The molecule has 2 fully saturated rings. The summed E-state index contributed by atoms with van der Waals surface area (Å²) in [4.78, 5) is 0. The smallest absolute Gasteiger partial charge is 0.212 e. The van der Waals surface area contributed by atoms with Crippen molar-refractivity contribution in [3.8, 4) is 6.07 Å². The number of halogens is 1. The van der Waals surface area contributed by atoms with Crippen LogP contribution in [-0.2, 0) is 9.05 Å². The molecule has 0 heterocycles. The van der Waals surface area contributed by atoms with E-state index in [1.165, 1.54) is 0 Å². The van der Waals surface area contributed by atoms with E-state index in [1.807, 2.05) is 0 Å². The van der Waals surface area contributed by atoms with Crippen LogP contribution < -0.4 is 0 Å². The molecule has 2 saturated carbocycles. The predicted molar refractivity (Wildman–Crippen MR) is 53.2 cm³/mol. The van der Waals surface area contributed by atoms with E-state index in [2.05, 4.69) is 6.07 Å². The third kappa shape index (κ3) is 1.34. The second kappa shape index (κ2) is 3.11. The fourth-order valence-corrected chi connectivity index (χ4v) is 4.70. The Hall–Kier alpha value is -0.270. The van der Waals surface area contributed by atoms with E-state index < -0.39 is 13.8 Å². The largest absolute Gasteiger partial charge is 0.238 e. The Bertz CT molecular complexity index is 380. The van der Waals surface area contributed by atoms with E-state index >= 15 is 0 Å². The molecule has 2 aliphatic rings. The van der Waals surface area contributed by atoms with Crippen LogP contribution in [0.25, 0.3) is 0 Å². The van der Waals surface area contributed by atoms with E-state index in [9.17, 15) is 8.42 Å². The zero-order valence-corrected chi connectivity index (χ0v) is 9.31. The highest BCUT2D eigenvalue weighted by atomic mass is 35.7. The second-order valence-electron chi connectivity index (χ2n) is 4.28. The summed E-state index contributed by atoms with van der Waals surface area (Å²) in [6, 6.07) is 2.21. The fraction of sp³-hybridized carbons (Fsp3) is 0.889. The first-order chi connectivity index (χ1) is 6.51. The summed E-state index contributed by atoms with van der Waals surface area (Å²) in [5, 5.41) is 8.91. The second-order valence-corrected chi connectivity index (χ2v) is 7.18. The van der Waals surface area contributed by atoms with Gasteiger partial charge in [0.25, 0.3) is 0 Å². The van der Waals surface area contributed by atoms with Gasteiger partial charge in [-0.05, 0) is 31.6 Å². The van der Waals surface area contributed by atoms with Gasteiger partial charge in [-0.2, -0.15) is 5.26 Å². The molecule has 78 valence electrons. The molecule has 0 aromatic rings. The third-order valence-electron chi connectivity index (χ3n) is 3.59. The minimum atomic E-state index is -3.50. The molecule has 0 aliphatic heterocycles. The summed E-state index contributed by atoms with van der Waals surface area (Å²) >= 11 is 0. The van der Waals surface area contributed by atoms with E-state index in [0.717, 1.165) is 19.3 Å². The van der Waals surface area contributed by atoms with Crippen molar-refractivity contribution in [2.24, 2.45) is 11.8 Å². The number of nitrogens with zero attached hydrogens (tertiary/aromatic N) is 1. The molecule has 0 bridgehead atoms. The lowest BCUT2D eigenvalue weighted by Gasteiger charge is -2.21. The molecule has 0 aromatic carbocycles.